The second kappa shape index (κ2) is 12.8. The molecule has 3 aromatic rings. The number of benzene rings is 3. The molecule has 3 rings (SSSR count). The summed E-state index contributed by atoms with van der Waals surface area (Å²) in [6.07, 6.45) is -1.44. The topological polar surface area (TPSA) is 157 Å². The summed E-state index contributed by atoms with van der Waals surface area (Å²) in [5, 5.41) is 0. The highest BCUT2D eigenvalue weighted by Crippen LogP contribution is 2.32. The van der Waals surface area contributed by atoms with Crippen molar-refractivity contribution in [2.24, 2.45) is 0 Å². The van der Waals surface area contributed by atoms with Crippen LogP contribution in [0.25, 0.3) is 0 Å². The van der Waals surface area contributed by atoms with Crippen LogP contribution in [0.1, 0.15) is 22.3 Å². The van der Waals surface area contributed by atoms with E-state index in [2.05, 4.69) is 23.7 Å². The summed E-state index contributed by atoms with van der Waals surface area (Å²) in [4.78, 5) is 66.3. The van der Waals surface area contributed by atoms with Gasteiger partial charge in [-0.15, -0.1) is 0 Å². The van der Waals surface area contributed by atoms with E-state index in [-0.39, 0.29) is 22.6 Å². The molecule has 0 aliphatic heterocycles. The maximum atomic E-state index is 11.0. The van der Waals surface area contributed by atoms with Gasteiger partial charge in [0.2, 0.25) is 0 Å². The van der Waals surface area contributed by atoms with E-state index < -0.39 is 41.4 Å². The average Bonchev–Trinajstić information content (AvgIpc) is 2.82. The lowest BCUT2D eigenvalue weighted by molar-refractivity contribution is -0.429. The Labute approximate surface area is 210 Å². The highest BCUT2D eigenvalue weighted by molar-refractivity contribution is 7.54. The fourth-order valence-electron chi connectivity index (χ4n) is 2.85. The Hall–Kier alpha value is -3.00. The Balaban J connectivity index is 2.02. The van der Waals surface area contributed by atoms with Gasteiger partial charge in [0.1, 0.15) is 24.7 Å². The first-order valence-corrected chi connectivity index (χ1v) is 14.1. The first-order chi connectivity index (χ1) is 17.1. The second-order valence-electron chi connectivity index (χ2n) is 7.44. The molecule has 0 saturated heterocycles. The van der Waals surface area contributed by atoms with Crippen LogP contribution >= 0.6 is 15.9 Å². The van der Waals surface area contributed by atoms with Gasteiger partial charge in [-0.1, -0.05) is 60.1 Å². The molecule has 0 amide bonds. The second-order valence-corrected chi connectivity index (χ2v) is 10.8. The van der Waals surface area contributed by atoms with Crippen molar-refractivity contribution < 1.29 is 38.8 Å². The maximum absolute atomic E-state index is 11.0. The normalized spacial score (nSPS) is 11.1. The van der Waals surface area contributed by atoms with Crippen molar-refractivity contribution in [3.8, 4) is 35.2 Å². The lowest BCUT2D eigenvalue weighted by Crippen LogP contribution is -2.36. The summed E-state index contributed by atoms with van der Waals surface area (Å²) in [6, 6.07) is 21.0. The molecule has 0 N–H and O–H groups in total. The van der Waals surface area contributed by atoms with E-state index in [1.807, 2.05) is 36.4 Å². The molecule has 0 atom stereocenters. The Morgan fingerprint density at radius 3 is 1.22 bits per heavy atom. The van der Waals surface area contributed by atoms with Crippen molar-refractivity contribution in [1.29, 1.82) is 0 Å². The number of ether oxygens (including phenoxy) is 2. The SMILES string of the molecule is [O-][P+]([O-])([O-])CCOc1cc(C#Cc2ccccc2)c(OCC[P+]([O-])([O-])[O-])cc1C#Cc1ccccc1. The molecule has 0 fully saturated rings. The summed E-state index contributed by atoms with van der Waals surface area (Å²) in [7, 11) is -9.57. The van der Waals surface area contributed by atoms with Crippen LogP contribution in [0.4, 0.5) is 0 Å². The molecule has 0 aromatic heterocycles. The lowest BCUT2D eigenvalue weighted by atomic mass is 10.1. The molecule has 0 bridgehead atoms. The smallest absolute Gasteiger partial charge is 0.136 e. The first kappa shape index (κ1) is 27.6. The molecular formula is C26H20O8P2-4. The van der Waals surface area contributed by atoms with Crippen molar-refractivity contribution in [3.63, 3.8) is 0 Å². The molecule has 0 radical (unpaired) electrons. The molecule has 3 aromatic carbocycles. The van der Waals surface area contributed by atoms with Gasteiger partial charge < -0.3 is 38.8 Å². The molecule has 10 heteroatoms. The Kier molecular flexibility index (Phi) is 9.81. The molecule has 0 aliphatic carbocycles. The van der Waals surface area contributed by atoms with Gasteiger partial charge >= 0.3 is 0 Å². The summed E-state index contributed by atoms with van der Waals surface area (Å²) in [5.41, 5.74) is 1.97. The Bertz CT molecular complexity index is 1160. The fourth-order valence-corrected chi connectivity index (χ4v) is 3.48. The van der Waals surface area contributed by atoms with E-state index in [4.69, 9.17) is 9.47 Å². The molecule has 0 saturated carbocycles. The number of rotatable bonds is 8. The zero-order chi connectivity index (χ0) is 26.0. The summed E-state index contributed by atoms with van der Waals surface area (Å²) in [5.74, 6) is 12.1. The van der Waals surface area contributed by atoms with Crippen LogP contribution in [0, 0.1) is 23.7 Å². The standard InChI is InChI=1S/C26H24O8P2/c27-35(28,29)17-15-33-25-20-24(14-12-22-9-5-2-6-10-22)26(34-16-18-36(30,31)32)19-23(25)13-11-21-7-3-1-4-8-21/h1-10,19-20H,15-18H2,(H2,27,28,29)(H2,30,31,32)/p-4. The van der Waals surface area contributed by atoms with Crippen molar-refractivity contribution >= 4 is 15.9 Å². The van der Waals surface area contributed by atoms with Gasteiger partial charge in [0.25, 0.3) is 0 Å². The van der Waals surface area contributed by atoms with Crippen LogP contribution in [-0.2, 0) is 0 Å². The van der Waals surface area contributed by atoms with E-state index in [9.17, 15) is 29.4 Å². The van der Waals surface area contributed by atoms with Crippen molar-refractivity contribution in [3.05, 3.63) is 95.1 Å². The van der Waals surface area contributed by atoms with Gasteiger partial charge in [0.05, 0.1) is 23.5 Å². The quantitative estimate of drug-likeness (QED) is 0.267. The third kappa shape index (κ3) is 9.93. The molecule has 186 valence electrons. The van der Waals surface area contributed by atoms with Gasteiger partial charge in [0, 0.05) is 23.3 Å². The van der Waals surface area contributed by atoms with Gasteiger partial charge in [-0.05, 0) is 24.3 Å². The number of hydrogen-bond donors (Lipinski definition) is 0. The van der Waals surface area contributed by atoms with Gasteiger partial charge in [0.15, 0.2) is 0 Å². The molecular weight excluding hydrogens is 502 g/mol. The van der Waals surface area contributed by atoms with E-state index in [0.29, 0.717) is 11.1 Å². The van der Waals surface area contributed by atoms with Gasteiger partial charge in [-0.25, -0.2) is 0 Å². The lowest BCUT2D eigenvalue weighted by Gasteiger charge is -2.41. The van der Waals surface area contributed by atoms with Crippen LogP contribution in [0.5, 0.6) is 11.5 Å². The zero-order valence-electron chi connectivity index (χ0n) is 18.9. The monoisotopic (exact) mass is 522 g/mol. The Morgan fingerprint density at radius 1 is 0.528 bits per heavy atom. The molecule has 0 spiro atoms. The summed E-state index contributed by atoms with van der Waals surface area (Å²) >= 11 is 0. The first-order valence-electron chi connectivity index (χ1n) is 10.7. The van der Waals surface area contributed by atoms with Crippen LogP contribution < -0.4 is 38.8 Å². The van der Waals surface area contributed by atoms with Crippen molar-refractivity contribution in [1.82, 2.24) is 0 Å². The van der Waals surface area contributed by atoms with E-state index in [1.54, 1.807) is 24.3 Å². The van der Waals surface area contributed by atoms with Crippen LogP contribution in [0.15, 0.2) is 72.8 Å². The predicted molar refractivity (Wildman–Crippen MR) is 126 cm³/mol. The van der Waals surface area contributed by atoms with Crippen LogP contribution in [0.2, 0.25) is 0 Å². The molecule has 36 heavy (non-hydrogen) atoms. The van der Waals surface area contributed by atoms with Crippen LogP contribution in [0.3, 0.4) is 0 Å². The maximum Gasteiger partial charge on any atom is 0.136 e. The Morgan fingerprint density at radius 2 is 0.889 bits per heavy atom. The van der Waals surface area contributed by atoms with Crippen molar-refractivity contribution in [2.45, 2.75) is 0 Å². The minimum absolute atomic E-state index is 0.162. The van der Waals surface area contributed by atoms with Gasteiger partial charge in [-0.2, -0.15) is 15.9 Å². The third-order valence-electron chi connectivity index (χ3n) is 4.56. The average molecular weight is 522 g/mol. The molecule has 0 unspecified atom stereocenters. The predicted octanol–water partition coefficient (Wildman–Crippen LogP) is -1.07. The molecule has 0 aliphatic rings. The van der Waals surface area contributed by atoms with E-state index in [0.717, 1.165) is 0 Å². The third-order valence-corrected chi connectivity index (χ3v) is 6.02. The summed E-state index contributed by atoms with van der Waals surface area (Å²) < 4.78 is 11.1. The summed E-state index contributed by atoms with van der Waals surface area (Å²) in [6.45, 7) is -0.794. The molecule has 8 nitrogen and oxygen atoms in total. The van der Waals surface area contributed by atoms with E-state index >= 15 is 0 Å². The van der Waals surface area contributed by atoms with Gasteiger partial charge in [-0.3, -0.25) is 0 Å². The molecule has 0 heterocycles. The largest absolute Gasteiger partial charge is 0.688 e. The van der Waals surface area contributed by atoms with Crippen molar-refractivity contribution in [2.75, 3.05) is 25.5 Å². The minimum atomic E-state index is -4.79. The minimum Gasteiger partial charge on any atom is -0.688 e. The van der Waals surface area contributed by atoms with E-state index in [1.165, 1.54) is 12.1 Å². The number of hydrogen-bond acceptors (Lipinski definition) is 8. The fraction of sp³-hybridized carbons (Fsp3) is 0.154. The highest BCUT2D eigenvalue weighted by atomic mass is 31.2. The van der Waals surface area contributed by atoms with Crippen LogP contribution in [-0.4, -0.2) is 25.5 Å². The highest BCUT2D eigenvalue weighted by Gasteiger charge is 2.12. The zero-order valence-corrected chi connectivity index (χ0v) is 20.7.